The lowest BCUT2D eigenvalue weighted by Crippen LogP contribution is -2.01. The second-order valence-corrected chi connectivity index (χ2v) is 5.52. The molecule has 0 aliphatic heterocycles. The van der Waals surface area contributed by atoms with E-state index in [4.69, 9.17) is 5.73 Å². The second-order valence-electron chi connectivity index (χ2n) is 4.20. The van der Waals surface area contributed by atoms with Gasteiger partial charge in [-0.2, -0.15) is 0 Å². The number of hydrogen-bond donors (Lipinski definition) is 2. The molecule has 6 heteroatoms. The largest absolute Gasteiger partial charge is 0.399 e. The van der Waals surface area contributed by atoms with Crippen molar-refractivity contribution in [2.75, 3.05) is 11.1 Å². The highest BCUT2D eigenvalue weighted by Crippen LogP contribution is 2.22. The number of nitrogens with zero attached hydrogens (tertiary/aromatic N) is 3. The third kappa shape index (κ3) is 2.48. The van der Waals surface area contributed by atoms with E-state index < -0.39 is 0 Å². The van der Waals surface area contributed by atoms with Crippen LogP contribution in [-0.4, -0.2) is 15.0 Å². The number of aryl methyl sites for hydroxylation is 1. The molecule has 0 unspecified atom stereocenters. The Morgan fingerprint density at radius 1 is 1.26 bits per heavy atom. The summed E-state index contributed by atoms with van der Waals surface area (Å²) in [6.07, 6.45) is 3.43. The van der Waals surface area contributed by atoms with Crippen molar-refractivity contribution in [1.29, 1.82) is 0 Å². The molecule has 2 heterocycles. The monoisotopic (exact) mass is 271 g/mol. The third-order valence-electron chi connectivity index (χ3n) is 2.76. The number of nitrogens with one attached hydrogen (secondary N) is 1. The Labute approximate surface area is 114 Å². The maximum atomic E-state index is 5.75. The van der Waals surface area contributed by atoms with Gasteiger partial charge in [-0.05, 0) is 25.1 Å². The molecule has 0 fully saturated rings. The Morgan fingerprint density at radius 3 is 2.95 bits per heavy atom. The van der Waals surface area contributed by atoms with Crippen LogP contribution >= 0.6 is 11.3 Å². The Hall–Kier alpha value is -2.21. The maximum Gasteiger partial charge on any atom is 0.137 e. The summed E-state index contributed by atoms with van der Waals surface area (Å²) < 4.78 is 0. The summed E-state index contributed by atoms with van der Waals surface area (Å²) in [6, 6.07) is 5.64. The zero-order valence-corrected chi connectivity index (χ0v) is 11.2. The normalized spacial score (nSPS) is 10.8. The molecule has 5 nitrogen and oxygen atoms in total. The van der Waals surface area contributed by atoms with Crippen molar-refractivity contribution in [1.82, 2.24) is 15.0 Å². The van der Waals surface area contributed by atoms with Crippen molar-refractivity contribution in [3.8, 4) is 0 Å². The van der Waals surface area contributed by atoms with Gasteiger partial charge in [-0.3, -0.25) is 0 Å². The zero-order valence-electron chi connectivity index (χ0n) is 10.4. The number of nitrogen functional groups attached to an aromatic ring is 1. The van der Waals surface area contributed by atoms with Crippen LogP contribution in [0.3, 0.4) is 0 Å². The third-order valence-corrected chi connectivity index (χ3v) is 3.67. The number of aromatic nitrogens is 3. The molecule has 3 rings (SSSR count). The van der Waals surface area contributed by atoms with Crippen LogP contribution in [0, 0.1) is 6.92 Å². The quantitative estimate of drug-likeness (QED) is 0.716. The lowest BCUT2D eigenvalue weighted by Gasteiger charge is -2.07. The number of fused-ring (bicyclic) bond motifs is 1. The average molecular weight is 271 g/mol. The van der Waals surface area contributed by atoms with Crippen molar-refractivity contribution in [3.63, 3.8) is 0 Å². The first-order valence-corrected chi connectivity index (χ1v) is 6.69. The van der Waals surface area contributed by atoms with Crippen molar-refractivity contribution in [2.24, 2.45) is 0 Å². The molecule has 3 N–H and O–H groups in total. The van der Waals surface area contributed by atoms with Gasteiger partial charge >= 0.3 is 0 Å². The highest BCUT2D eigenvalue weighted by molar-refractivity contribution is 7.11. The Bertz CT molecular complexity index is 722. The van der Waals surface area contributed by atoms with Gasteiger partial charge in [0, 0.05) is 22.1 Å². The van der Waals surface area contributed by atoms with E-state index in [-0.39, 0.29) is 0 Å². The standard InChI is InChI=1S/C13H13N5S/c1-8-15-5-10(19-8)6-16-13-11-3-2-9(14)4-12(11)17-7-18-13/h2-5,7H,6,14H2,1H3,(H,16,17,18). The number of anilines is 2. The van der Waals surface area contributed by atoms with Crippen LogP contribution < -0.4 is 11.1 Å². The SMILES string of the molecule is Cc1ncc(CNc2ncnc3cc(N)ccc23)s1. The van der Waals surface area contributed by atoms with Crippen molar-refractivity contribution in [2.45, 2.75) is 13.5 Å². The summed E-state index contributed by atoms with van der Waals surface area (Å²) in [5.74, 6) is 0.816. The van der Waals surface area contributed by atoms with Crippen LogP contribution in [0.4, 0.5) is 11.5 Å². The number of rotatable bonds is 3. The molecule has 0 saturated carbocycles. The number of thiazole rings is 1. The zero-order chi connectivity index (χ0) is 13.2. The number of hydrogen-bond acceptors (Lipinski definition) is 6. The molecule has 3 aromatic rings. The Balaban J connectivity index is 1.88. The Morgan fingerprint density at radius 2 is 2.16 bits per heavy atom. The molecule has 1 aromatic carbocycles. The topological polar surface area (TPSA) is 76.7 Å². The number of benzene rings is 1. The van der Waals surface area contributed by atoms with E-state index in [1.54, 1.807) is 17.7 Å². The molecule has 19 heavy (non-hydrogen) atoms. The minimum absolute atomic E-state index is 0.704. The van der Waals surface area contributed by atoms with Gasteiger partial charge in [-0.1, -0.05) is 0 Å². The van der Waals surface area contributed by atoms with Crippen LogP contribution in [-0.2, 0) is 6.54 Å². The van der Waals surface area contributed by atoms with Gasteiger partial charge in [0.1, 0.15) is 12.1 Å². The summed E-state index contributed by atoms with van der Waals surface area (Å²) in [5, 5.41) is 5.35. The van der Waals surface area contributed by atoms with Crippen LogP contribution in [0.2, 0.25) is 0 Å². The number of nitrogens with two attached hydrogens (primary N) is 1. The molecule has 0 radical (unpaired) electrons. The summed E-state index contributed by atoms with van der Waals surface area (Å²) in [7, 11) is 0. The molecular weight excluding hydrogens is 258 g/mol. The predicted octanol–water partition coefficient (Wildman–Crippen LogP) is 2.59. The first kappa shape index (κ1) is 11.9. The minimum Gasteiger partial charge on any atom is -0.399 e. The van der Waals surface area contributed by atoms with E-state index in [0.29, 0.717) is 12.2 Å². The molecular formula is C13H13N5S. The lowest BCUT2D eigenvalue weighted by molar-refractivity contribution is 1.12. The Kier molecular flexibility index (Phi) is 3.00. The molecule has 2 aromatic heterocycles. The van der Waals surface area contributed by atoms with E-state index in [2.05, 4.69) is 20.3 Å². The fourth-order valence-corrected chi connectivity index (χ4v) is 2.61. The minimum atomic E-state index is 0.704. The van der Waals surface area contributed by atoms with Crippen LogP contribution in [0.25, 0.3) is 10.9 Å². The lowest BCUT2D eigenvalue weighted by atomic mass is 10.2. The molecule has 0 aliphatic rings. The first-order valence-electron chi connectivity index (χ1n) is 5.88. The predicted molar refractivity (Wildman–Crippen MR) is 78.1 cm³/mol. The maximum absolute atomic E-state index is 5.75. The molecule has 0 bridgehead atoms. The van der Waals surface area contributed by atoms with E-state index in [1.807, 2.05) is 31.3 Å². The van der Waals surface area contributed by atoms with E-state index in [0.717, 1.165) is 21.7 Å². The van der Waals surface area contributed by atoms with Crippen LogP contribution in [0.5, 0.6) is 0 Å². The van der Waals surface area contributed by atoms with Gasteiger partial charge in [0.05, 0.1) is 17.1 Å². The summed E-state index contributed by atoms with van der Waals surface area (Å²) in [4.78, 5) is 13.9. The van der Waals surface area contributed by atoms with E-state index in [1.165, 1.54) is 4.88 Å². The second kappa shape index (κ2) is 4.81. The summed E-state index contributed by atoms with van der Waals surface area (Å²) >= 11 is 1.68. The van der Waals surface area contributed by atoms with Crippen LogP contribution in [0.1, 0.15) is 9.88 Å². The van der Waals surface area contributed by atoms with Crippen LogP contribution in [0.15, 0.2) is 30.7 Å². The van der Waals surface area contributed by atoms with Gasteiger partial charge in [0.2, 0.25) is 0 Å². The van der Waals surface area contributed by atoms with Gasteiger partial charge in [0.15, 0.2) is 0 Å². The van der Waals surface area contributed by atoms with Crippen molar-refractivity contribution >= 4 is 33.7 Å². The molecule has 0 amide bonds. The first-order chi connectivity index (χ1) is 9.22. The summed E-state index contributed by atoms with van der Waals surface area (Å²) in [6.45, 7) is 2.71. The smallest absolute Gasteiger partial charge is 0.137 e. The summed E-state index contributed by atoms with van der Waals surface area (Å²) in [5.41, 5.74) is 7.30. The van der Waals surface area contributed by atoms with Crippen molar-refractivity contribution in [3.05, 3.63) is 40.6 Å². The fraction of sp³-hybridized carbons (Fsp3) is 0.154. The highest BCUT2D eigenvalue weighted by atomic mass is 32.1. The molecule has 0 atom stereocenters. The van der Waals surface area contributed by atoms with Crippen molar-refractivity contribution < 1.29 is 0 Å². The van der Waals surface area contributed by atoms with Gasteiger partial charge in [0.25, 0.3) is 0 Å². The molecule has 0 saturated heterocycles. The van der Waals surface area contributed by atoms with E-state index in [9.17, 15) is 0 Å². The van der Waals surface area contributed by atoms with Gasteiger partial charge in [-0.25, -0.2) is 15.0 Å². The van der Waals surface area contributed by atoms with Gasteiger partial charge in [-0.15, -0.1) is 11.3 Å². The van der Waals surface area contributed by atoms with E-state index >= 15 is 0 Å². The molecule has 0 spiro atoms. The molecule has 96 valence electrons. The fourth-order valence-electron chi connectivity index (χ4n) is 1.87. The molecule has 0 aliphatic carbocycles. The van der Waals surface area contributed by atoms with Gasteiger partial charge < -0.3 is 11.1 Å². The average Bonchev–Trinajstić information content (AvgIpc) is 2.81. The highest BCUT2D eigenvalue weighted by Gasteiger charge is 2.04.